The number of nitrogens with zero attached hydrogens (tertiary/aromatic N) is 1. The molecule has 1 aromatic heterocycles. The van der Waals surface area contributed by atoms with Crippen LogP contribution in [0.2, 0.25) is 0 Å². The molecule has 0 bridgehead atoms. The minimum atomic E-state index is 0.205. The summed E-state index contributed by atoms with van der Waals surface area (Å²) in [6.45, 7) is 3.95. The molecule has 0 radical (unpaired) electrons. The molecule has 1 saturated carbocycles. The molecule has 4 nitrogen and oxygen atoms in total. The predicted octanol–water partition coefficient (Wildman–Crippen LogP) is 1.85. The number of methoxy groups -OCH3 is 2. The van der Waals surface area contributed by atoms with E-state index in [1.165, 1.54) is 22.6 Å². The highest BCUT2D eigenvalue weighted by molar-refractivity contribution is 7.11. The van der Waals surface area contributed by atoms with Crippen molar-refractivity contribution >= 4 is 11.3 Å². The SMILES string of the molecule is COC1CN(Cc2ccc(CNC3CC3)s2)CC1OC. The van der Waals surface area contributed by atoms with E-state index in [0.29, 0.717) is 0 Å². The summed E-state index contributed by atoms with van der Waals surface area (Å²) in [5, 5.41) is 3.57. The van der Waals surface area contributed by atoms with E-state index >= 15 is 0 Å². The fourth-order valence-corrected chi connectivity index (χ4v) is 3.77. The van der Waals surface area contributed by atoms with Crippen LogP contribution in [-0.2, 0) is 22.6 Å². The number of likely N-dealkylation sites (tertiary alicyclic amines) is 1. The van der Waals surface area contributed by atoms with Gasteiger partial charge in [0.1, 0.15) is 0 Å². The molecule has 2 heterocycles. The standard InChI is InChI=1S/C15H24N2O2S/c1-18-14-9-17(10-15(14)19-2)8-13-6-5-12(20-13)7-16-11-3-4-11/h5-6,11,14-16H,3-4,7-10H2,1-2H3. The van der Waals surface area contributed by atoms with Gasteiger partial charge >= 0.3 is 0 Å². The lowest BCUT2D eigenvalue weighted by Gasteiger charge is -2.13. The van der Waals surface area contributed by atoms with Gasteiger partial charge in [-0.05, 0) is 25.0 Å². The summed E-state index contributed by atoms with van der Waals surface area (Å²) >= 11 is 1.92. The Kier molecular flexibility index (Phi) is 4.73. The smallest absolute Gasteiger partial charge is 0.0971 e. The van der Waals surface area contributed by atoms with E-state index in [9.17, 15) is 0 Å². The lowest BCUT2D eigenvalue weighted by atomic mass is 10.3. The third-order valence-electron chi connectivity index (χ3n) is 4.14. The van der Waals surface area contributed by atoms with Gasteiger partial charge in [0, 0.05) is 56.2 Å². The van der Waals surface area contributed by atoms with Crippen LogP contribution < -0.4 is 5.32 Å². The first-order valence-electron chi connectivity index (χ1n) is 7.37. The average molecular weight is 296 g/mol. The normalized spacial score (nSPS) is 27.3. The lowest BCUT2D eigenvalue weighted by Crippen LogP contribution is -2.27. The van der Waals surface area contributed by atoms with E-state index in [2.05, 4.69) is 22.3 Å². The largest absolute Gasteiger partial charge is 0.377 e. The van der Waals surface area contributed by atoms with Crippen LogP contribution in [0.25, 0.3) is 0 Å². The maximum absolute atomic E-state index is 5.49. The van der Waals surface area contributed by atoms with Crippen molar-refractivity contribution in [3.63, 3.8) is 0 Å². The van der Waals surface area contributed by atoms with Crippen molar-refractivity contribution in [3.8, 4) is 0 Å². The van der Waals surface area contributed by atoms with Crippen LogP contribution in [-0.4, -0.2) is 50.5 Å². The Morgan fingerprint density at radius 2 is 1.80 bits per heavy atom. The van der Waals surface area contributed by atoms with Crippen LogP contribution in [0, 0.1) is 0 Å². The Morgan fingerprint density at radius 1 is 1.15 bits per heavy atom. The summed E-state index contributed by atoms with van der Waals surface area (Å²) in [5.74, 6) is 0. The number of hydrogen-bond donors (Lipinski definition) is 1. The second-order valence-corrected chi connectivity index (χ2v) is 7.02. The summed E-state index contributed by atoms with van der Waals surface area (Å²) in [4.78, 5) is 5.30. The van der Waals surface area contributed by atoms with Crippen molar-refractivity contribution in [1.82, 2.24) is 10.2 Å². The van der Waals surface area contributed by atoms with Crippen LogP contribution in [0.5, 0.6) is 0 Å². The van der Waals surface area contributed by atoms with Crippen LogP contribution in [0.1, 0.15) is 22.6 Å². The monoisotopic (exact) mass is 296 g/mol. The lowest BCUT2D eigenvalue weighted by molar-refractivity contribution is -0.00461. The van der Waals surface area contributed by atoms with E-state index < -0.39 is 0 Å². The van der Waals surface area contributed by atoms with Crippen molar-refractivity contribution in [2.24, 2.45) is 0 Å². The maximum atomic E-state index is 5.49. The number of ether oxygens (including phenoxy) is 2. The van der Waals surface area contributed by atoms with Gasteiger partial charge in [-0.2, -0.15) is 0 Å². The van der Waals surface area contributed by atoms with Crippen molar-refractivity contribution in [2.45, 2.75) is 44.2 Å². The Labute approximate surface area is 125 Å². The Hall–Kier alpha value is -0.460. The van der Waals surface area contributed by atoms with Crippen molar-refractivity contribution in [2.75, 3.05) is 27.3 Å². The molecule has 0 amide bonds. The van der Waals surface area contributed by atoms with E-state index in [1.807, 2.05) is 11.3 Å². The molecule has 5 heteroatoms. The van der Waals surface area contributed by atoms with Gasteiger partial charge < -0.3 is 14.8 Å². The fourth-order valence-electron chi connectivity index (χ4n) is 2.76. The van der Waals surface area contributed by atoms with Gasteiger partial charge in [0.05, 0.1) is 12.2 Å². The summed E-state index contributed by atoms with van der Waals surface area (Å²) in [5.41, 5.74) is 0. The van der Waals surface area contributed by atoms with Crippen LogP contribution in [0.4, 0.5) is 0 Å². The maximum Gasteiger partial charge on any atom is 0.0971 e. The van der Waals surface area contributed by atoms with E-state index in [-0.39, 0.29) is 12.2 Å². The number of thiophene rings is 1. The van der Waals surface area contributed by atoms with Gasteiger partial charge in [0.15, 0.2) is 0 Å². The quantitative estimate of drug-likeness (QED) is 0.832. The molecule has 2 unspecified atom stereocenters. The Bertz CT molecular complexity index is 421. The topological polar surface area (TPSA) is 33.7 Å². The van der Waals surface area contributed by atoms with Crippen molar-refractivity contribution < 1.29 is 9.47 Å². The van der Waals surface area contributed by atoms with Gasteiger partial charge in [-0.3, -0.25) is 4.90 Å². The second-order valence-electron chi connectivity index (χ2n) is 5.77. The highest BCUT2D eigenvalue weighted by atomic mass is 32.1. The highest BCUT2D eigenvalue weighted by Crippen LogP contribution is 2.24. The average Bonchev–Trinajstić information content (AvgIpc) is 3.05. The molecule has 112 valence electrons. The Balaban J connectivity index is 1.50. The zero-order valence-corrected chi connectivity index (χ0v) is 13.1. The molecule has 2 fully saturated rings. The summed E-state index contributed by atoms with van der Waals surface area (Å²) < 4.78 is 11.0. The van der Waals surface area contributed by atoms with E-state index in [4.69, 9.17) is 9.47 Å². The number of hydrogen-bond acceptors (Lipinski definition) is 5. The summed E-state index contributed by atoms with van der Waals surface area (Å²) in [6.07, 6.45) is 3.11. The van der Waals surface area contributed by atoms with E-state index in [0.717, 1.165) is 32.2 Å². The first-order valence-corrected chi connectivity index (χ1v) is 8.19. The third-order valence-corrected chi connectivity index (χ3v) is 5.21. The van der Waals surface area contributed by atoms with Gasteiger partial charge in [-0.15, -0.1) is 11.3 Å². The first-order chi connectivity index (χ1) is 9.78. The molecule has 1 aliphatic carbocycles. The van der Waals surface area contributed by atoms with Gasteiger partial charge in [-0.1, -0.05) is 0 Å². The minimum absolute atomic E-state index is 0.205. The van der Waals surface area contributed by atoms with Crippen molar-refractivity contribution in [1.29, 1.82) is 0 Å². The van der Waals surface area contributed by atoms with Crippen LogP contribution in [0.15, 0.2) is 12.1 Å². The first kappa shape index (κ1) is 14.5. The molecule has 2 atom stereocenters. The molecule has 1 aliphatic heterocycles. The molecule has 2 aliphatic rings. The molecule has 1 N–H and O–H groups in total. The Morgan fingerprint density at radius 3 is 2.40 bits per heavy atom. The molecule has 1 aromatic rings. The molecular weight excluding hydrogens is 272 g/mol. The minimum Gasteiger partial charge on any atom is -0.377 e. The zero-order chi connectivity index (χ0) is 13.9. The van der Waals surface area contributed by atoms with Crippen LogP contribution >= 0.6 is 11.3 Å². The van der Waals surface area contributed by atoms with E-state index in [1.54, 1.807) is 14.2 Å². The molecular formula is C15H24N2O2S. The predicted molar refractivity (Wildman–Crippen MR) is 81.1 cm³/mol. The number of nitrogens with one attached hydrogen (secondary N) is 1. The fraction of sp³-hybridized carbons (Fsp3) is 0.733. The third kappa shape index (κ3) is 3.59. The van der Waals surface area contributed by atoms with Gasteiger partial charge in [-0.25, -0.2) is 0 Å². The number of rotatable bonds is 7. The molecule has 3 rings (SSSR count). The second kappa shape index (κ2) is 6.54. The van der Waals surface area contributed by atoms with Gasteiger partial charge in [0.2, 0.25) is 0 Å². The zero-order valence-electron chi connectivity index (χ0n) is 12.3. The molecule has 20 heavy (non-hydrogen) atoms. The van der Waals surface area contributed by atoms with Crippen LogP contribution in [0.3, 0.4) is 0 Å². The summed E-state index contributed by atoms with van der Waals surface area (Å²) in [7, 11) is 3.54. The van der Waals surface area contributed by atoms with Crippen molar-refractivity contribution in [3.05, 3.63) is 21.9 Å². The molecule has 1 saturated heterocycles. The molecule has 0 spiro atoms. The van der Waals surface area contributed by atoms with Gasteiger partial charge in [0.25, 0.3) is 0 Å². The summed E-state index contributed by atoms with van der Waals surface area (Å²) in [6, 6.07) is 5.30. The highest BCUT2D eigenvalue weighted by Gasteiger charge is 2.32. The molecule has 0 aromatic carbocycles.